The van der Waals surface area contributed by atoms with Crippen LogP contribution in [0.3, 0.4) is 0 Å². The molecule has 3 aliphatic rings. The van der Waals surface area contributed by atoms with Crippen LogP contribution in [0.5, 0.6) is 0 Å². The fourth-order valence-corrected chi connectivity index (χ4v) is 3.90. The topological polar surface area (TPSA) is 55.1 Å². The summed E-state index contributed by atoms with van der Waals surface area (Å²) in [5.74, 6) is 1.89. The lowest BCUT2D eigenvalue weighted by Crippen LogP contribution is -2.46. The van der Waals surface area contributed by atoms with Gasteiger partial charge >= 0.3 is 0 Å². The Balaban J connectivity index is 1.69. The average molecular weight is 276 g/mol. The molecular formula is C17H28N2O. The molecule has 0 aliphatic heterocycles. The maximum Gasteiger partial charge on any atom is 0.225 e. The predicted octanol–water partition coefficient (Wildman–Crippen LogP) is 2.47. The van der Waals surface area contributed by atoms with Crippen LogP contribution in [0.4, 0.5) is 0 Å². The second-order valence-electron chi connectivity index (χ2n) is 8.18. The van der Waals surface area contributed by atoms with Gasteiger partial charge in [-0.2, -0.15) is 0 Å². The molecule has 3 rings (SSSR count). The molecule has 112 valence electrons. The lowest BCUT2D eigenvalue weighted by molar-refractivity contribution is -0.127. The molecule has 0 aromatic carbocycles. The lowest BCUT2D eigenvalue weighted by atomic mass is 9.84. The summed E-state index contributed by atoms with van der Waals surface area (Å²) in [6.45, 7) is 7.17. The molecule has 3 N–H and O–H groups in total. The Morgan fingerprint density at radius 3 is 2.50 bits per heavy atom. The van der Waals surface area contributed by atoms with Crippen LogP contribution in [-0.4, -0.2) is 18.5 Å². The normalized spacial score (nSPS) is 38.5. The molecule has 0 spiro atoms. The van der Waals surface area contributed by atoms with Crippen molar-refractivity contribution in [2.45, 2.75) is 52.5 Å². The maximum atomic E-state index is 12.5. The number of fused-ring (bicyclic) bond motifs is 2. The van der Waals surface area contributed by atoms with Crippen molar-refractivity contribution in [1.82, 2.24) is 5.32 Å². The van der Waals surface area contributed by atoms with Crippen molar-refractivity contribution in [3.05, 3.63) is 11.6 Å². The lowest BCUT2D eigenvalue weighted by Gasteiger charge is -2.28. The van der Waals surface area contributed by atoms with E-state index in [1.54, 1.807) is 0 Å². The molecule has 3 aliphatic carbocycles. The Labute approximate surface area is 122 Å². The van der Waals surface area contributed by atoms with Gasteiger partial charge in [-0.15, -0.1) is 0 Å². The van der Waals surface area contributed by atoms with Gasteiger partial charge in [-0.25, -0.2) is 0 Å². The van der Waals surface area contributed by atoms with Gasteiger partial charge in [0.05, 0.1) is 5.92 Å². The van der Waals surface area contributed by atoms with Crippen LogP contribution >= 0.6 is 0 Å². The second-order valence-corrected chi connectivity index (χ2v) is 8.18. The first-order chi connectivity index (χ1) is 9.37. The van der Waals surface area contributed by atoms with E-state index in [2.05, 4.69) is 32.2 Å². The van der Waals surface area contributed by atoms with Crippen molar-refractivity contribution in [3.8, 4) is 0 Å². The molecule has 3 fully saturated rings. The molecule has 0 radical (unpaired) electrons. The number of amides is 1. The minimum atomic E-state index is 0.0149. The molecule has 3 heteroatoms. The van der Waals surface area contributed by atoms with E-state index in [1.165, 1.54) is 24.8 Å². The number of carbonyl (C=O) groups excluding carboxylic acids is 1. The summed E-state index contributed by atoms with van der Waals surface area (Å²) in [6, 6.07) is 0.0405. The average Bonchev–Trinajstić information content (AvgIpc) is 3.03. The summed E-state index contributed by atoms with van der Waals surface area (Å²) < 4.78 is 0. The summed E-state index contributed by atoms with van der Waals surface area (Å²) >= 11 is 0. The van der Waals surface area contributed by atoms with E-state index in [-0.39, 0.29) is 23.3 Å². The molecule has 4 atom stereocenters. The number of nitrogens with one attached hydrogen (secondary N) is 1. The molecule has 20 heavy (non-hydrogen) atoms. The fraction of sp³-hybridized carbons (Fsp3) is 0.824. The molecule has 3 nitrogen and oxygen atoms in total. The van der Waals surface area contributed by atoms with E-state index in [1.807, 2.05) is 0 Å². The smallest absolute Gasteiger partial charge is 0.225 e. The van der Waals surface area contributed by atoms with Crippen LogP contribution in [0.15, 0.2) is 11.6 Å². The van der Waals surface area contributed by atoms with Crippen LogP contribution in [0.2, 0.25) is 0 Å². The maximum absolute atomic E-state index is 12.5. The minimum absolute atomic E-state index is 0.0149. The van der Waals surface area contributed by atoms with Gasteiger partial charge in [0.25, 0.3) is 0 Å². The molecular weight excluding hydrogens is 248 g/mol. The van der Waals surface area contributed by atoms with Crippen molar-refractivity contribution < 1.29 is 4.79 Å². The summed E-state index contributed by atoms with van der Waals surface area (Å²) in [6.07, 6.45) is 7.47. The summed E-state index contributed by atoms with van der Waals surface area (Å²) in [4.78, 5) is 12.5. The number of nitrogens with two attached hydrogens (primary N) is 1. The van der Waals surface area contributed by atoms with Gasteiger partial charge in [-0.05, 0) is 48.9 Å². The van der Waals surface area contributed by atoms with Gasteiger partial charge < -0.3 is 11.1 Å². The molecule has 0 aromatic heterocycles. The van der Waals surface area contributed by atoms with Gasteiger partial charge in [0.15, 0.2) is 0 Å². The fourth-order valence-electron chi connectivity index (χ4n) is 3.90. The van der Waals surface area contributed by atoms with Gasteiger partial charge in [-0.1, -0.05) is 32.4 Å². The van der Waals surface area contributed by atoms with Crippen LogP contribution in [0.25, 0.3) is 0 Å². The Morgan fingerprint density at radius 2 is 1.90 bits per heavy atom. The first-order valence-electron chi connectivity index (χ1n) is 8.12. The molecule has 0 unspecified atom stereocenters. The van der Waals surface area contributed by atoms with Gasteiger partial charge in [0, 0.05) is 12.6 Å². The Morgan fingerprint density at radius 1 is 1.25 bits per heavy atom. The summed E-state index contributed by atoms with van der Waals surface area (Å²) in [5.41, 5.74) is 8.04. The number of allylic oxidation sites excluding steroid dienone is 1. The van der Waals surface area contributed by atoms with E-state index in [0.717, 1.165) is 18.9 Å². The quantitative estimate of drug-likeness (QED) is 0.778. The molecule has 0 heterocycles. The van der Waals surface area contributed by atoms with Crippen LogP contribution in [-0.2, 0) is 4.79 Å². The molecule has 2 bridgehead atoms. The standard InChI is InChI=1S/C17H28N2O/c1-17(2,3)9-19-16(20)14-11-6-7-12(15(14)18)13(11)8-10-4-5-10/h8,10-12,14-15H,4-7,9,18H2,1-3H3,(H,19,20)/t11-,12+,14-,15+/m0/s1. The number of carbonyl (C=O) groups is 1. The first-order valence-corrected chi connectivity index (χ1v) is 8.12. The minimum Gasteiger partial charge on any atom is -0.355 e. The third-order valence-corrected chi connectivity index (χ3v) is 5.10. The van der Waals surface area contributed by atoms with Crippen molar-refractivity contribution in [2.24, 2.45) is 34.8 Å². The van der Waals surface area contributed by atoms with E-state index in [0.29, 0.717) is 11.8 Å². The van der Waals surface area contributed by atoms with Crippen molar-refractivity contribution >= 4 is 5.91 Å². The van der Waals surface area contributed by atoms with Crippen molar-refractivity contribution in [3.63, 3.8) is 0 Å². The Bertz CT molecular complexity index is 431. The highest BCUT2D eigenvalue weighted by atomic mass is 16.1. The van der Waals surface area contributed by atoms with Gasteiger partial charge in [0.1, 0.15) is 0 Å². The highest BCUT2D eigenvalue weighted by molar-refractivity contribution is 5.81. The van der Waals surface area contributed by atoms with Crippen LogP contribution in [0, 0.1) is 29.1 Å². The van der Waals surface area contributed by atoms with Crippen LogP contribution in [0.1, 0.15) is 46.5 Å². The number of hydrogen-bond acceptors (Lipinski definition) is 2. The summed E-state index contributed by atoms with van der Waals surface area (Å²) in [5, 5.41) is 3.12. The highest BCUT2D eigenvalue weighted by Gasteiger charge is 2.52. The monoisotopic (exact) mass is 276 g/mol. The summed E-state index contributed by atoms with van der Waals surface area (Å²) in [7, 11) is 0. The second kappa shape index (κ2) is 4.87. The third-order valence-electron chi connectivity index (χ3n) is 5.10. The molecule has 0 saturated heterocycles. The number of hydrogen-bond donors (Lipinski definition) is 2. The Kier molecular flexibility index (Phi) is 3.44. The first kappa shape index (κ1) is 14.1. The van der Waals surface area contributed by atoms with Crippen LogP contribution < -0.4 is 11.1 Å². The molecule has 3 saturated carbocycles. The zero-order valence-corrected chi connectivity index (χ0v) is 13.0. The van der Waals surface area contributed by atoms with E-state index >= 15 is 0 Å². The van der Waals surface area contributed by atoms with Crippen molar-refractivity contribution in [2.75, 3.05) is 6.54 Å². The third kappa shape index (κ3) is 2.65. The van der Waals surface area contributed by atoms with E-state index in [4.69, 9.17) is 5.73 Å². The number of rotatable bonds is 3. The van der Waals surface area contributed by atoms with E-state index in [9.17, 15) is 4.79 Å². The van der Waals surface area contributed by atoms with E-state index < -0.39 is 0 Å². The zero-order valence-electron chi connectivity index (χ0n) is 13.0. The Hall–Kier alpha value is -0.830. The van der Waals surface area contributed by atoms with Gasteiger partial charge in [0.2, 0.25) is 5.91 Å². The highest BCUT2D eigenvalue weighted by Crippen LogP contribution is 2.53. The molecule has 1 amide bonds. The van der Waals surface area contributed by atoms with Gasteiger partial charge in [-0.3, -0.25) is 4.79 Å². The predicted molar refractivity (Wildman–Crippen MR) is 81.0 cm³/mol. The largest absolute Gasteiger partial charge is 0.355 e. The SMILES string of the molecule is CC(C)(C)CNC(=O)[C@@H]1[C@H](N)[C@@H]2CC[C@H]1C2=CC1CC1. The zero-order chi connectivity index (χ0) is 14.5. The molecule has 0 aromatic rings. The van der Waals surface area contributed by atoms with Crippen molar-refractivity contribution in [1.29, 1.82) is 0 Å².